The molecule has 5 nitrogen and oxygen atoms in total. The number of benzene rings is 1. The van der Waals surface area contributed by atoms with Gasteiger partial charge in [0.2, 0.25) is 5.91 Å². The van der Waals surface area contributed by atoms with E-state index in [0.29, 0.717) is 10.8 Å². The van der Waals surface area contributed by atoms with Gasteiger partial charge in [-0.25, -0.2) is 0 Å². The fourth-order valence-corrected chi connectivity index (χ4v) is 2.90. The van der Waals surface area contributed by atoms with Gasteiger partial charge in [-0.2, -0.15) is 0 Å². The number of rotatable bonds is 4. The lowest BCUT2D eigenvalue weighted by Gasteiger charge is -2.33. The number of halogens is 1. The van der Waals surface area contributed by atoms with Crippen molar-refractivity contribution in [3.63, 3.8) is 0 Å². The van der Waals surface area contributed by atoms with Gasteiger partial charge in [0.15, 0.2) is 0 Å². The Bertz CT molecular complexity index is 720. The lowest BCUT2D eigenvalue weighted by Crippen LogP contribution is -3.12. The number of likely N-dealkylation sites (N-methyl/N-ethyl adjacent to an activating group) is 1. The summed E-state index contributed by atoms with van der Waals surface area (Å²) < 4.78 is 5.18. The topological polar surface area (TPSA) is 49.9 Å². The number of hydrogen-bond acceptors (Lipinski definition) is 3. The number of anilines is 2. The van der Waals surface area contributed by atoms with E-state index in [1.165, 1.54) is 11.0 Å². The summed E-state index contributed by atoms with van der Waals surface area (Å²) in [4.78, 5) is 16.0. The van der Waals surface area contributed by atoms with Gasteiger partial charge in [0, 0.05) is 11.1 Å². The molecule has 0 bridgehead atoms. The molecule has 1 fully saturated rings. The SMILES string of the molecule is C[NH+]1CCN(c2ccc(Cl)cc2NC(=O)/C=C/c2ccco2)CC1. The van der Waals surface area contributed by atoms with Crippen LogP contribution >= 0.6 is 11.6 Å². The molecule has 1 saturated heterocycles. The average molecular weight is 347 g/mol. The van der Waals surface area contributed by atoms with Crippen molar-refractivity contribution >= 4 is 35.0 Å². The van der Waals surface area contributed by atoms with Crippen LogP contribution < -0.4 is 15.1 Å². The number of carbonyl (C=O) groups excluding carboxylic acids is 1. The number of nitrogens with zero attached hydrogens (tertiary/aromatic N) is 1. The zero-order valence-corrected chi connectivity index (χ0v) is 14.3. The molecule has 24 heavy (non-hydrogen) atoms. The summed E-state index contributed by atoms with van der Waals surface area (Å²) in [6, 6.07) is 9.19. The maximum Gasteiger partial charge on any atom is 0.248 e. The van der Waals surface area contributed by atoms with Crippen molar-refractivity contribution in [1.82, 2.24) is 0 Å². The molecule has 1 aromatic heterocycles. The number of amides is 1. The van der Waals surface area contributed by atoms with Crippen molar-refractivity contribution in [2.24, 2.45) is 0 Å². The van der Waals surface area contributed by atoms with Crippen molar-refractivity contribution in [3.8, 4) is 0 Å². The Labute approximate surface area is 146 Å². The summed E-state index contributed by atoms with van der Waals surface area (Å²) in [5.41, 5.74) is 1.74. The van der Waals surface area contributed by atoms with Gasteiger partial charge in [0.1, 0.15) is 5.76 Å². The molecule has 0 spiro atoms. The first kappa shape index (κ1) is 16.6. The lowest BCUT2D eigenvalue weighted by molar-refractivity contribution is -0.880. The Morgan fingerprint density at radius 2 is 2.12 bits per heavy atom. The highest BCUT2D eigenvalue weighted by Crippen LogP contribution is 2.29. The Morgan fingerprint density at radius 1 is 1.33 bits per heavy atom. The molecular weight excluding hydrogens is 326 g/mol. The summed E-state index contributed by atoms with van der Waals surface area (Å²) in [7, 11) is 2.20. The number of furan rings is 1. The zero-order chi connectivity index (χ0) is 16.9. The van der Waals surface area contributed by atoms with Gasteiger partial charge in [0.05, 0.1) is 50.9 Å². The Hall–Kier alpha value is -2.24. The molecule has 126 valence electrons. The van der Waals surface area contributed by atoms with Crippen LogP contribution in [0.25, 0.3) is 6.08 Å². The molecule has 1 aromatic carbocycles. The number of piperazine rings is 1. The maximum atomic E-state index is 12.2. The minimum atomic E-state index is -0.213. The third kappa shape index (κ3) is 4.19. The number of hydrogen-bond donors (Lipinski definition) is 2. The second kappa shape index (κ2) is 7.55. The predicted molar refractivity (Wildman–Crippen MR) is 96.7 cm³/mol. The van der Waals surface area contributed by atoms with Crippen LogP contribution in [0.1, 0.15) is 5.76 Å². The Kier molecular flexibility index (Phi) is 5.23. The van der Waals surface area contributed by atoms with Crippen LogP contribution in [0.3, 0.4) is 0 Å². The minimum absolute atomic E-state index is 0.213. The van der Waals surface area contributed by atoms with Crippen molar-refractivity contribution in [1.29, 1.82) is 0 Å². The Balaban J connectivity index is 1.74. The van der Waals surface area contributed by atoms with E-state index in [0.717, 1.165) is 37.6 Å². The van der Waals surface area contributed by atoms with E-state index in [1.807, 2.05) is 12.1 Å². The first-order valence-corrected chi connectivity index (χ1v) is 8.38. The summed E-state index contributed by atoms with van der Waals surface area (Å²) >= 11 is 6.11. The summed E-state index contributed by atoms with van der Waals surface area (Å²) in [6.45, 7) is 4.07. The van der Waals surface area contributed by atoms with Crippen LogP contribution in [0, 0.1) is 0 Å². The average Bonchev–Trinajstić information content (AvgIpc) is 3.08. The number of carbonyl (C=O) groups is 1. The van der Waals surface area contributed by atoms with Gasteiger partial charge < -0.3 is 19.5 Å². The van der Waals surface area contributed by atoms with E-state index < -0.39 is 0 Å². The molecule has 2 heterocycles. The molecule has 0 aliphatic carbocycles. The highest BCUT2D eigenvalue weighted by Gasteiger charge is 2.20. The van der Waals surface area contributed by atoms with E-state index in [2.05, 4.69) is 17.3 Å². The molecule has 1 amide bonds. The van der Waals surface area contributed by atoms with E-state index in [-0.39, 0.29) is 5.91 Å². The third-order valence-corrected chi connectivity index (χ3v) is 4.35. The predicted octanol–water partition coefficient (Wildman–Crippen LogP) is 1.92. The van der Waals surface area contributed by atoms with E-state index in [1.54, 1.807) is 30.5 Å². The van der Waals surface area contributed by atoms with Crippen molar-refractivity contribution in [3.05, 3.63) is 53.5 Å². The Morgan fingerprint density at radius 3 is 2.83 bits per heavy atom. The molecule has 6 heteroatoms. The molecular formula is C18H21ClN3O2+. The summed E-state index contributed by atoms with van der Waals surface area (Å²) in [5.74, 6) is 0.424. The van der Waals surface area contributed by atoms with Crippen LogP contribution in [0.2, 0.25) is 5.02 Å². The lowest BCUT2D eigenvalue weighted by atomic mass is 10.2. The smallest absolute Gasteiger partial charge is 0.248 e. The van der Waals surface area contributed by atoms with Crippen LogP contribution in [0.15, 0.2) is 47.1 Å². The molecule has 0 saturated carbocycles. The van der Waals surface area contributed by atoms with Crippen LogP contribution in [0.4, 0.5) is 11.4 Å². The molecule has 0 atom stereocenters. The number of nitrogens with one attached hydrogen (secondary N) is 2. The number of quaternary nitrogens is 1. The second-order valence-corrected chi connectivity index (χ2v) is 6.38. The summed E-state index contributed by atoms with van der Waals surface area (Å²) in [6.07, 6.45) is 4.67. The first-order valence-electron chi connectivity index (χ1n) is 8.00. The maximum absolute atomic E-state index is 12.2. The van der Waals surface area contributed by atoms with E-state index in [9.17, 15) is 4.79 Å². The van der Waals surface area contributed by atoms with E-state index in [4.69, 9.17) is 16.0 Å². The van der Waals surface area contributed by atoms with Gasteiger partial charge >= 0.3 is 0 Å². The van der Waals surface area contributed by atoms with Crippen LogP contribution in [-0.2, 0) is 4.79 Å². The second-order valence-electron chi connectivity index (χ2n) is 5.94. The molecule has 3 rings (SSSR count). The van der Waals surface area contributed by atoms with Gasteiger partial charge in [-0.15, -0.1) is 0 Å². The molecule has 2 N–H and O–H groups in total. The highest BCUT2D eigenvalue weighted by atomic mass is 35.5. The molecule has 0 radical (unpaired) electrons. The minimum Gasteiger partial charge on any atom is -0.465 e. The van der Waals surface area contributed by atoms with Crippen LogP contribution in [0.5, 0.6) is 0 Å². The van der Waals surface area contributed by atoms with Crippen molar-refractivity contribution in [2.75, 3.05) is 43.4 Å². The van der Waals surface area contributed by atoms with Crippen molar-refractivity contribution < 1.29 is 14.1 Å². The largest absolute Gasteiger partial charge is 0.465 e. The molecule has 1 aliphatic heterocycles. The quantitative estimate of drug-likeness (QED) is 0.832. The third-order valence-electron chi connectivity index (χ3n) is 4.12. The first-order chi connectivity index (χ1) is 11.6. The fourth-order valence-electron chi connectivity index (χ4n) is 2.73. The van der Waals surface area contributed by atoms with Gasteiger partial charge in [-0.1, -0.05) is 11.6 Å². The molecule has 2 aromatic rings. The van der Waals surface area contributed by atoms with Gasteiger partial charge in [0.25, 0.3) is 0 Å². The standard InChI is InChI=1S/C18H20ClN3O2/c1-21-8-10-22(11-9-21)17-6-4-14(19)13-16(17)20-18(23)7-5-15-3-2-12-24-15/h2-7,12-13H,8-11H2,1H3,(H,20,23)/p+1/b7-5+. The molecule has 0 unspecified atom stereocenters. The fraction of sp³-hybridized carbons (Fsp3) is 0.278. The monoisotopic (exact) mass is 346 g/mol. The zero-order valence-electron chi connectivity index (χ0n) is 13.6. The van der Waals surface area contributed by atoms with E-state index >= 15 is 0 Å². The van der Waals surface area contributed by atoms with Crippen molar-refractivity contribution in [2.45, 2.75) is 0 Å². The van der Waals surface area contributed by atoms with Gasteiger partial charge in [-0.3, -0.25) is 4.79 Å². The molecule has 1 aliphatic rings. The normalized spacial score (nSPS) is 15.8. The summed E-state index contributed by atoms with van der Waals surface area (Å²) in [5, 5.41) is 3.52. The van der Waals surface area contributed by atoms with Crippen LogP contribution in [-0.4, -0.2) is 39.1 Å². The highest BCUT2D eigenvalue weighted by molar-refractivity contribution is 6.31. The van der Waals surface area contributed by atoms with Gasteiger partial charge in [-0.05, 0) is 36.4 Å².